The third-order valence-corrected chi connectivity index (χ3v) is 7.46. The number of carbonyl (C=O) groups excluding carboxylic acids is 2. The van der Waals surface area contributed by atoms with Crippen LogP contribution in [-0.2, 0) is 17.9 Å². The molecule has 3 aromatic rings. The molecule has 1 saturated carbocycles. The van der Waals surface area contributed by atoms with Crippen LogP contribution < -0.4 is 0 Å². The van der Waals surface area contributed by atoms with Crippen molar-refractivity contribution in [1.82, 2.24) is 14.4 Å². The molecule has 0 radical (unpaired) electrons. The lowest BCUT2D eigenvalue weighted by Crippen LogP contribution is -2.47. The van der Waals surface area contributed by atoms with Crippen LogP contribution in [0.15, 0.2) is 66.9 Å². The maximum atomic E-state index is 13.8. The highest BCUT2D eigenvalue weighted by atomic mass is 35.5. The van der Waals surface area contributed by atoms with Crippen molar-refractivity contribution in [2.75, 3.05) is 13.1 Å². The SMILES string of the molecule is CCCN(CC(=O)N(Cc1cccn1Cc1ccccc1Cl)C1CCCCC1)C(=O)c1ccc(F)cc1. The van der Waals surface area contributed by atoms with E-state index in [1.165, 1.54) is 30.7 Å². The third kappa shape index (κ3) is 7.01. The van der Waals surface area contributed by atoms with Crippen LogP contribution in [0.5, 0.6) is 0 Å². The lowest BCUT2D eigenvalue weighted by molar-refractivity contribution is -0.135. The fraction of sp³-hybridized carbons (Fsp3) is 0.400. The lowest BCUT2D eigenvalue weighted by Gasteiger charge is -2.36. The largest absolute Gasteiger partial charge is 0.345 e. The van der Waals surface area contributed by atoms with E-state index in [1.807, 2.05) is 54.4 Å². The summed E-state index contributed by atoms with van der Waals surface area (Å²) < 4.78 is 15.5. The van der Waals surface area contributed by atoms with Gasteiger partial charge in [-0.1, -0.05) is 56.0 Å². The van der Waals surface area contributed by atoms with Crippen LogP contribution in [0.3, 0.4) is 0 Å². The molecular weight excluding hydrogens is 489 g/mol. The van der Waals surface area contributed by atoms with Gasteiger partial charge in [0.05, 0.1) is 6.54 Å². The van der Waals surface area contributed by atoms with Gasteiger partial charge in [-0.05, 0) is 67.3 Å². The number of hydrogen-bond acceptors (Lipinski definition) is 2. The van der Waals surface area contributed by atoms with Gasteiger partial charge in [-0.15, -0.1) is 0 Å². The Labute approximate surface area is 223 Å². The molecule has 2 aromatic carbocycles. The van der Waals surface area contributed by atoms with E-state index in [0.717, 1.165) is 48.4 Å². The first-order chi connectivity index (χ1) is 18.0. The Morgan fingerprint density at radius 1 is 1.00 bits per heavy atom. The average Bonchev–Trinajstić information content (AvgIpc) is 3.35. The van der Waals surface area contributed by atoms with Crippen molar-refractivity contribution in [1.29, 1.82) is 0 Å². The molecule has 0 aliphatic heterocycles. The van der Waals surface area contributed by atoms with E-state index in [0.29, 0.717) is 25.2 Å². The Balaban J connectivity index is 1.54. The molecule has 5 nitrogen and oxygen atoms in total. The van der Waals surface area contributed by atoms with Gasteiger partial charge in [0.2, 0.25) is 5.91 Å². The molecule has 1 aliphatic carbocycles. The number of benzene rings is 2. The molecular formula is C30H35ClFN3O2. The van der Waals surface area contributed by atoms with Gasteiger partial charge in [0.15, 0.2) is 0 Å². The molecule has 37 heavy (non-hydrogen) atoms. The van der Waals surface area contributed by atoms with E-state index in [9.17, 15) is 14.0 Å². The molecule has 7 heteroatoms. The van der Waals surface area contributed by atoms with Crippen LogP contribution in [0, 0.1) is 5.82 Å². The fourth-order valence-electron chi connectivity index (χ4n) is 5.10. The van der Waals surface area contributed by atoms with Crippen molar-refractivity contribution in [3.63, 3.8) is 0 Å². The first-order valence-electron chi connectivity index (χ1n) is 13.2. The highest BCUT2D eigenvalue weighted by Crippen LogP contribution is 2.26. The molecule has 1 aliphatic rings. The zero-order valence-electron chi connectivity index (χ0n) is 21.4. The van der Waals surface area contributed by atoms with E-state index >= 15 is 0 Å². The number of rotatable bonds is 10. The van der Waals surface area contributed by atoms with Crippen LogP contribution in [-0.4, -0.2) is 45.3 Å². The summed E-state index contributed by atoms with van der Waals surface area (Å²) in [6.45, 7) is 3.55. The van der Waals surface area contributed by atoms with Crippen LogP contribution in [0.1, 0.15) is 67.1 Å². The van der Waals surface area contributed by atoms with Crippen molar-refractivity contribution in [3.8, 4) is 0 Å². The Morgan fingerprint density at radius 3 is 2.43 bits per heavy atom. The smallest absolute Gasteiger partial charge is 0.254 e. The molecule has 1 aromatic heterocycles. The third-order valence-electron chi connectivity index (χ3n) is 7.09. The molecule has 0 unspecified atom stereocenters. The summed E-state index contributed by atoms with van der Waals surface area (Å²) in [5.74, 6) is -0.694. The fourth-order valence-corrected chi connectivity index (χ4v) is 5.29. The Hall–Kier alpha value is -3.12. The van der Waals surface area contributed by atoms with Gasteiger partial charge in [-0.3, -0.25) is 9.59 Å². The van der Waals surface area contributed by atoms with Crippen molar-refractivity contribution >= 4 is 23.4 Å². The number of halogens is 2. The molecule has 196 valence electrons. The maximum absolute atomic E-state index is 13.8. The first kappa shape index (κ1) is 26.9. The van der Waals surface area contributed by atoms with Crippen LogP contribution in [0.2, 0.25) is 5.02 Å². The highest BCUT2D eigenvalue weighted by molar-refractivity contribution is 6.31. The quantitative estimate of drug-likeness (QED) is 0.303. The summed E-state index contributed by atoms with van der Waals surface area (Å²) in [6.07, 6.45) is 8.07. The Kier molecular flexibility index (Phi) is 9.40. The molecule has 1 heterocycles. The number of aromatic nitrogens is 1. The first-order valence-corrected chi connectivity index (χ1v) is 13.6. The summed E-state index contributed by atoms with van der Waals surface area (Å²) in [5, 5.41) is 0.719. The van der Waals surface area contributed by atoms with Gasteiger partial charge in [-0.2, -0.15) is 0 Å². The molecule has 0 bridgehead atoms. The minimum atomic E-state index is -0.391. The summed E-state index contributed by atoms with van der Waals surface area (Å²) in [4.78, 5) is 30.6. The van der Waals surface area contributed by atoms with Crippen molar-refractivity contribution < 1.29 is 14.0 Å². The number of carbonyl (C=O) groups is 2. The molecule has 0 N–H and O–H groups in total. The van der Waals surface area contributed by atoms with Gasteiger partial charge in [-0.25, -0.2) is 4.39 Å². The number of nitrogens with zero attached hydrogens (tertiary/aromatic N) is 3. The monoisotopic (exact) mass is 523 g/mol. The van der Waals surface area contributed by atoms with Crippen molar-refractivity contribution in [2.24, 2.45) is 0 Å². The van der Waals surface area contributed by atoms with Crippen LogP contribution in [0.4, 0.5) is 4.39 Å². The Morgan fingerprint density at radius 2 is 1.73 bits per heavy atom. The second-order valence-corrected chi connectivity index (χ2v) is 10.2. The van der Waals surface area contributed by atoms with E-state index in [2.05, 4.69) is 4.57 Å². The van der Waals surface area contributed by atoms with Gasteiger partial charge < -0.3 is 14.4 Å². The number of hydrogen-bond donors (Lipinski definition) is 0. The minimum absolute atomic E-state index is 0.00573. The van der Waals surface area contributed by atoms with E-state index < -0.39 is 5.82 Å². The summed E-state index contributed by atoms with van der Waals surface area (Å²) in [6, 6.07) is 17.5. The molecule has 0 saturated heterocycles. The molecule has 1 fully saturated rings. The standard InChI is InChI=1S/C30H35ClFN3O2/c1-2-18-34(30(37)23-14-16-25(32)17-15-23)22-29(36)35(26-10-4-3-5-11-26)21-27-12-8-19-33(27)20-24-9-6-7-13-28(24)31/h6-9,12-17,19,26H,2-5,10-11,18,20-22H2,1H3. The van der Waals surface area contributed by atoms with Gasteiger partial charge in [0, 0.05) is 41.6 Å². The molecule has 2 amide bonds. The predicted octanol–water partition coefficient (Wildman–Crippen LogP) is 6.54. The van der Waals surface area contributed by atoms with Gasteiger partial charge in [0.25, 0.3) is 5.91 Å². The molecule has 4 rings (SSSR count). The maximum Gasteiger partial charge on any atom is 0.254 e. The normalized spacial score (nSPS) is 13.9. The van der Waals surface area contributed by atoms with E-state index in [1.54, 1.807) is 4.90 Å². The second kappa shape index (κ2) is 12.9. The zero-order valence-corrected chi connectivity index (χ0v) is 22.2. The zero-order chi connectivity index (χ0) is 26.2. The number of amides is 2. The summed E-state index contributed by atoms with van der Waals surface area (Å²) in [5.41, 5.74) is 2.45. The summed E-state index contributed by atoms with van der Waals surface area (Å²) >= 11 is 6.41. The van der Waals surface area contributed by atoms with Crippen molar-refractivity contribution in [3.05, 3.63) is 94.5 Å². The molecule has 0 spiro atoms. The topological polar surface area (TPSA) is 45.6 Å². The predicted molar refractivity (Wildman–Crippen MR) is 145 cm³/mol. The van der Waals surface area contributed by atoms with Crippen LogP contribution in [0.25, 0.3) is 0 Å². The van der Waals surface area contributed by atoms with Crippen LogP contribution >= 0.6 is 11.6 Å². The highest BCUT2D eigenvalue weighted by Gasteiger charge is 2.29. The van der Waals surface area contributed by atoms with E-state index in [4.69, 9.17) is 11.6 Å². The van der Waals surface area contributed by atoms with Gasteiger partial charge >= 0.3 is 0 Å². The van der Waals surface area contributed by atoms with E-state index in [-0.39, 0.29) is 24.4 Å². The Bertz CT molecular complexity index is 1190. The average molecular weight is 524 g/mol. The van der Waals surface area contributed by atoms with Gasteiger partial charge in [0.1, 0.15) is 12.4 Å². The summed E-state index contributed by atoms with van der Waals surface area (Å²) in [7, 11) is 0. The molecule has 0 atom stereocenters. The second-order valence-electron chi connectivity index (χ2n) is 9.77. The minimum Gasteiger partial charge on any atom is -0.345 e. The van der Waals surface area contributed by atoms with Crippen molar-refractivity contribution in [2.45, 2.75) is 64.6 Å². The lowest BCUT2D eigenvalue weighted by atomic mass is 9.94.